The van der Waals surface area contributed by atoms with Gasteiger partial charge in [0.25, 0.3) is 11.8 Å². The van der Waals surface area contributed by atoms with Crippen molar-refractivity contribution in [3.8, 4) is 5.75 Å². The highest BCUT2D eigenvalue weighted by Crippen LogP contribution is 2.37. The summed E-state index contributed by atoms with van der Waals surface area (Å²) in [5, 5.41) is 7.90. The predicted molar refractivity (Wildman–Crippen MR) is 133 cm³/mol. The van der Waals surface area contributed by atoms with Crippen molar-refractivity contribution in [2.24, 2.45) is 5.41 Å². The number of amides is 5. The molecule has 35 heavy (non-hydrogen) atoms. The van der Waals surface area contributed by atoms with Crippen molar-refractivity contribution in [2.75, 3.05) is 16.8 Å². The lowest BCUT2D eigenvalue weighted by Gasteiger charge is -2.36. The van der Waals surface area contributed by atoms with E-state index in [1.807, 2.05) is 39.0 Å². The summed E-state index contributed by atoms with van der Waals surface area (Å²) >= 11 is 0. The summed E-state index contributed by atoms with van der Waals surface area (Å²) in [5.41, 5.74) is 1.87. The van der Waals surface area contributed by atoms with Crippen molar-refractivity contribution >= 4 is 35.1 Å². The molecule has 2 atom stereocenters. The zero-order chi connectivity index (χ0) is 25.0. The number of imide groups is 1. The van der Waals surface area contributed by atoms with Crippen LogP contribution in [0.25, 0.3) is 0 Å². The molecule has 0 aromatic heterocycles. The van der Waals surface area contributed by atoms with Crippen molar-refractivity contribution in [3.05, 3.63) is 53.6 Å². The molecule has 2 aromatic carbocycles. The number of fused-ring (bicyclic) bond motifs is 2. The van der Waals surface area contributed by atoms with Gasteiger partial charge in [0, 0.05) is 21.4 Å². The number of nitrogens with zero attached hydrogens (tertiary/aromatic N) is 1. The summed E-state index contributed by atoms with van der Waals surface area (Å²) in [6, 6.07) is 12.2. The van der Waals surface area contributed by atoms with E-state index in [1.165, 1.54) is 4.90 Å². The summed E-state index contributed by atoms with van der Waals surface area (Å²) in [4.78, 5) is 51.7. The van der Waals surface area contributed by atoms with E-state index in [-0.39, 0.29) is 32.5 Å². The van der Waals surface area contributed by atoms with Crippen molar-refractivity contribution < 1.29 is 26.8 Å². The second-order valence-corrected chi connectivity index (χ2v) is 10.6. The highest BCUT2D eigenvalue weighted by atomic mass is 16.5. The Hall–Kier alpha value is -3.88. The van der Waals surface area contributed by atoms with Crippen LogP contribution in [0.4, 0.5) is 16.2 Å². The Morgan fingerprint density at radius 2 is 1.89 bits per heavy atom. The minimum absolute atomic E-state index is 0. The summed E-state index contributed by atoms with van der Waals surface area (Å²) in [5.74, 6) is -0.343. The van der Waals surface area contributed by atoms with E-state index in [9.17, 15) is 19.2 Å². The first-order chi connectivity index (χ1) is 16.5. The topological polar surface area (TPSA) is 117 Å². The van der Waals surface area contributed by atoms with Crippen molar-refractivity contribution in [2.45, 2.75) is 51.7 Å². The fraction of sp³-hybridized carbons (Fsp3) is 0.385. The number of rotatable bonds is 4. The van der Waals surface area contributed by atoms with E-state index in [0.29, 0.717) is 36.4 Å². The fourth-order valence-corrected chi connectivity index (χ4v) is 5.00. The van der Waals surface area contributed by atoms with E-state index in [4.69, 9.17) is 4.74 Å². The Labute approximate surface area is 206 Å². The number of urea groups is 1. The predicted octanol–water partition coefficient (Wildman–Crippen LogP) is 3.02. The average molecular weight is 481 g/mol. The van der Waals surface area contributed by atoms with Gasteiger partial charge in [0.1, 0.15) is 17.8 Å². The Kier molecular flexibility index (Phi) is 5.30. The summed E-state index contributed by atoms with van der Waals surface area (Å²) in [7, 11) is 0. The molecule has 3 N–H and O–H groups in total. The highest BCUT2D eigenvalue weighted by Gasteiger charge is 2.50. The molecule has 1 aliphatic carbocycles. The van der Waals surface area contributed by atoms with Gasteiger partial charge in [-0.2, -0.15) is 0 Å². The minimum Gasteiger partial charge on any atom is -0.478 e. The number of benzene rings is 2. The molecule has 2 aliphatic heterocycles. The quantitative estimate of drug-likeness (QED) is 0.582. The maximum Gasteiger partial charge on any atom is 0.322 e. The van der Waals surface area contributed by atoms with Gasteiger partial charge in [-0.25, -0.2) is 4.79 Å². The Morgan fingerprint density at radius 1 is 1.14 bits per heavy atom. The zero-order valence-electron chi connectivity index (χ0n) is 19.9. The van der Waals surface area contributed by atoms with Crippen LogP contribution in [0, 0.1) is 5.41 Å². The molecule has 0 bridgehead atoms. The lowest BCUT2D eigenvalue weighted by atomic mass is 9.88. The molecule has 9 nitrogen and oxygen atoms in total. The van der Waals surface area contributed by atoms with Gasteiger partial charge in [0.15, 0.2) is 6.10 Å². The standard InChI is InChI=1S/C26H28N4O5.2H2/c1-25(2,3)13-20-22(32)30(18-6-4-5-7-19(18)35-20)14-21(31)27-17-9-8-15-11-26(12-16(15)10-17)23(33)28-24(34)29-26;;/h4-10,20H,11-14H2,1-3H3,(H,27,31)(H2,28,29,33,34);2*1H. The number of nitrogens with one attached hydrogen (secondary N) is 3. The van der Waals surface area contributed by atoms with E-state index >= 15 is 0 Å². The van der Waals surface area contributed by atoms with Crippen LogP contribution in [-0.4, -0.2) is 41.9 Å². The molecule has 2 heterocycles. The number of anilines is 2. The van der Waals surface area contributed by atoms with E-state index < -0.39 is 17.7 Å². The number of ether oxygens (including phenoxy) is 1. The summed E-state index contributed by atoms with van der Waals surface area (Å²) < 4.78 is 5.98. The molecule has 1 saturated heterocycles. The van der Waals surface area contributed by atoms with Gasteiger partial charge in [0.2, 0.25) is 5.91 Å². The van der Waals surface area contributed by atoms with Crippen LogP contribution in [0.2, 0.25) is 0 Å². The lowest BCUT2D eigenvalue weighted by molar-refractivity contribution is -0.129. The summed E-state index contributed by atoms with van der Waals surface area (Å²) in [6.07, 6.45) is 0.617. The molecule has 9 heteroatoms. The van der Waals surface area contributed by atoms with E-state index in [0.717, 1.165) is 11.1 Å². The molecular formula is C26H32N4O5. The first-order valence-corrected chi connectivity index (χ1v) is 11.7. The Balaban J connectivity index is 0.00000190. The number of carbonyl (C=O) groups excluding carboxylic acids is 4. The van der Waals surface area contributed by atoms with Crippen molar-refractivity contribution in [1.82, 2.24) is 10.6 Å². The van der Waals surface area contributed by atoms with Gasteiger partial charge in [0.05, 0.1) is 5.69 Å². The lowest BCUT2D eigenvalue weighted by Crippen LogP contribution is -2.49. The van der Waals surface area contributed by atoms with Crippen LogP contribution >= 0.6 is 0 Å². The third kappa shape index (κ3) is 4.34. The third-order valence-corrected chi connectivity index (χ3v) is 6.56. The van der Waals surface area contributed by atoms with Crippen LogP contribution in [0.5, 0.6) is 5.75 Å². The van der Waals surface area contributed by atoms with Gasteiger partial charge in [-0.05, 0) is 47.2 Å². The van der Waals surface area contributed by atoms with Gasteiger partial charge in [-0.15, -0.1) is 0 Å². The maximum atomic E-state index is 13.3. The van der Waals surface area contributed by atoms with Crippen LogP contribution in [0.1, 0.15) is 41.2 Å². The number of hydrogen-bond donors (Lipinski definition) is 3. The number of carbonyl (C=O) groups is 4. The van der Waals surface area contributed by atoms with Gasteiger partial charge < -0.3 is 15.4 Å². The highest BCUT2D eigenvalue weighted by molar-refractivity contribution is 6.08. The maximum absolute atomic E-state index is 13.3. The molecule has 1 spiro atoms. The van der Waals surface area contributed by atoms with Crippen LogP contribution < -0.4 is 25.6 Å². The largest absolute Gasteiger partial charge is 0.478 e. The van der Waals surface area contributed by atoms with Crippen LogP contribution in [0.3, 0.4) is 0 Å². The molecule has 0 saturated carbocycles. The SMILES string of the molecule is CC(C)(C)CC1Oc2ccccc2N(CC(=O)Nc2ccc3c(c2)CC2(C3)NC(=O)NC2=O)C1=O.[HH].[HH]. The van der Waals surface area contributed by atoms with Gasteiger partial charge in [-0.1, -0.05) is 39.0 Å². The smallest absolute Gasteiger partial charge is 0.322 e. The van der Waals surface area contributed by atoms with Gasteiger partial charge >= 0.3 is 6.03 Å². The number of para-hydroxylation sites is 2. The van der Waals surface area contributed by atoms with Crippen molar-refractivity contribution in [1.29, 1.82) is 0 Å². The van der Waals surface area contributed by atoms with Crippen LogP contribution in [0.15, 0.2) is 42.5 Å². The van der Waals surface area contributed by atoms with Crippen LogP contribution in [-0.2, 0) is 27.2 Å². The normalized spacial score (nSPS) is 22.9. The van der Waals surface area contributed by atoms with E-state index in [1.54, 1.807) is 24.3 Å². The monoisotopic (exact) mass is 480 g/mol. The Bertz CT molecular complexity index is 1260. The molecule has 2 aromatic rings. The van der Waals surface area contributed by atoms with Gasteiger partial charge in [-0.3, -0.25) is 24.6 Å². The number of hydrogen-bond acceptors (Lipinski definition) is 5. The molecule has 5 amide bonds. The molecule has 0 radical (unpaired) electrons. The molecule has 1 fully saturated rings. The summed E-state index contributed by atoms with van der Waals surface area (Å²) in [6.45, 7) is 5.97. The molecule has 2 unspecified atom stereocenters. The molecule has 186 valence electrons. The zero-order valence-corrected chi connectivity index (χ0v) is 19.9. The first kappa shape index (κ1) is 22.9. The fourth-order valence-electron chi connectivity index (χ4n) is 5.00. The molecular weight excluding hydrogens is 448 g/mol. The second-order valence-electron chi connectivity index (χ2n) is 10.6. The Morgan fingerprint density at radius 3 is 2.60 bits per heavy atom. The third-order valence-electron chi connectivity index (χ3n) is 6.56. The molecule has 5 rings (SSSR count). The van der Waals surface area contributed by atoms with Crippen molar-refractivity contribution in [3.63, 3.8) is 0 Å². The second kappa shape index (κ2) is 8.11. The molecule has 3 aliphatic rings. The first-order valence-electron chi connectivity index (χ1n) is 11.7. The average Bonchev–Trinajstić information content (AvgIpc) is 3.27. The minimum atomic E-state index is -0.964. The van der Waals surface area contributed by atoms with E-state index in [2.05, 4.69) is 16.0 Å².